The number of aryl methyl sites for hydroxylation is 1. The van der Waals surface area contributed by atoms with Crippen LogP contribution in [-0.4, -0.2) is 60.2 Å². The molecule has 0 atom stereocenters. The zero-order valence-electron chi connectivity index (χ0n) is 8.67. The second-order valence-electron chi connectivity index (χ2n) is 2.91. The van der Waals surface area contributed by atoms with Crippen LogP contribution in [0, 0.1) is 0 Å². The monoisotopic (exact) mass is 250 g/mol. The molecule has 0 aliphatic carbocycles. The topological polar surface area (TPSA) is 110 Å². The second kappa shape index (κ2) is 6.38. The summed E-state index contributed by atoms with van der Waals surface area (Å²) in [6, 6.07) is 0. The molecule has 8 nitrogen and oxygen atoms in total. The molecule has 0 fully saturated rings. The van der Waals surface area contributed by atoms with Gasteiger partial charge in [0.05, 0.1) is 6.33 Å². The van der Waals surface area contributed by atoms with Crippen molar-refractivity contribution >= 4 is 47.2 Å². The van der Waals surface area contributed by atoms with E-state index in [1.54, 1.807) is 7.05 Å². The van der Waals surface area contributed by atoms with Gasteiger partial charge in [-0.25, -0.2) is 9.78 Å². The van der Waals surface area contributed by atoms with Crippen molar-refractivity contribution in [3.8, 4) is 0 Å². The van der Waals surface area contributed by atoms with Crippen LogP contribution >= 0.6 is 0 Å². The molecule has 0 saturated heterocycles. The standard InChI is InChI=1S/C7H8N4O2.CH2O2.Na.H/c1-10-5-4(8-3-9-5)6(12)11(2)7(10)13;2-1-3;;/h3H,1-2H3,(H,8,9);1H,(H,2,3);;. The normalized spacial score (nSPS) is 9.06. The number of hydrogen-bond donors (Lipinski definition) is 2. The number of aromatic amines is 1. The van der Waals surface area contributed by atoms with Gasteiger partial charge in [0.2, 0.25) is 0 Å². The third-order valence-corrected chi connectivity index (χ3v) is 2.03. The molecule has 0 radical (unpaired) electrons. The zero-order chi connectivity index (χ0) is 12.3. The summed E-state index contributed by atoms with van der Waals surface area (Å²) in [6.07, 6.45) is 1.39. The molecule has 88 valence electrons. The molecule has 2 aromatic heterocycles. The van der Waals surface area contributed by atoms with Crippen molar-refractivity contribution in [1.29, 1.82) is 0 Å². The van der Waals surface area contributed by atoms with Crippen molar-refractivity contribution in [3.05, 3.63) is 27.2 Å². The number of aromatic nitrogens is 4. The van der Waals surface area contributed by atoms with Gasteiger partial charge in [-0.15, -0.1) is 0 Å². The Morgan fingerprint density at radius 1 is 1.35 bits per heavy atom. The summed E-state index contributed by atoms with van der Waals surface area (Å²) in [7, 11) is 3.01. The third kappa shape index (κ3) is 2.84. The first kappa shape index (κ1) is 15.6. The molecule has 2 aromatic rings. The Labute approximate surface area is 117 Å². The summed E-state index contributed by atoms with van der Waals surface area (Å²) in [5, 5.41) is 6.89. The molecule has 9 heteroatoms. The van der Waals surface area contributed by atoms with E-state index in [1.165, 1.54) is 17.9 Å². The first-order valence-corrected chi connectivity index (χ1v) is 4.21. The van der Waals surface area contributed by atoms with Gasteiger partial charge in [-0.05, 0) is 0 Å². The number of H-pyrrole nitrogens is 1. The van der Waals surface area contributed by atoms with Gasteiger partial charge in [0, 0.05) is 14.1 Å². The van der Waals surface area contributed by atoms with E-state index in [9.17, 15) is 9.59 Å². The van der Waals surface area contributed by atoms with Crippen LogP contribution in [-0.2, 0) is 18.9 Å². The van der Waals surface area contributed by atoms with Gasteiger partial charge in [-0.3, -0.25) is 18.7 Å². The third-order valence-electron chi connectivity index (χ3n) is 2.03. The summed E-state index contributed by atoms with van der Waals surface area (Å²) in [4.78, 5) is 37.7. The average Bonchev–Trinajstić information content (AvgIpc) is 2.73. The minimum atomic E-state index is -0.371. The quantitative estimate of drug-likeness (QED) is 0.415. The van der Waals surface area contributed by atoms with Crippen LogP contribution in [0.3, 0.4) is 0 Å². The Balaban J connectivity index is 0.000000583. The van der Waals surface area contributed by atoms with Crippen LogP contribution in [0.25, 0.3) is 11.2 Å². The molecular formula is C8H11N4NaO4. The predicted molar refractivity (Wildman–Crippen MR) is 62.4 cm³/mol. The van der Waals surface area contributed by atoms with E-state index in [1.807, 2.05) is 0 Å². The predicted octanol–water partition coefficient (Wildman–Crippen LogP) is -1.99. The molecule has 2 rings (SSSR count). The van der Waals surface area contributed by atoms with Gasteiger partial charge >= 0.3 is 35.2 Å². The second-order valence-corrected chi connectivity index (χ2v) is 2.91. The number of imidazole rings is 1. The summed E-state index contributed by atoms with van der Waals surface area (Å²) >= 11 is 0. The molecule has 0 aliphatic rings. The molecule has 0 saturated carbocycles. The van der Waals surface area contributed by atoms with Gasteiger partial charge in [-0.2, -0.15) is 0 Å². The fourth-order valence-electron chi connectivity index (χ4n) is 1.27. The van der Waals surface area contributed by atoms with Crippen molar-refractivity contribution in [2.45, 2.75) is 0 Å². The maximum atomic E-state index is 11.4. The first-order chi connectivity index (χ1) is 7.54. The van der Waals surface area contributed by atoms with E-state index in [2.05, 4.69) is 9.97 Å². The Hall–Kier alpha value is -1.38. The van der Waals surface area contributed by atoms with Crippen molar-refractivity contribution in [2.75, 3.05) is 0 Å². The van der Waals surface area contributed by atoms with E-state index in [0.29, 0.717) is 11.2 Å². The first-order valence-electron chi connectivity index (χ1n) is 4.21. The van der Waals surface area contributed by atoms with Gasteiger partial charge in [0.1, 0.15) is 5.52 Å². The Morgan fingerprint density at radius 2 is 1.88 bits per heavy atom. The molecule has 0 spiro atoms. The Kier molecular flexibility index (Phi) is 5.86. The summed E-state index contributed by atoms with van der Waals surface area (Å²) in [5.74, 6) is 0. The van der Waals surface area contributed by atoms with Gasteiger partial charge in [-0.1, -0.05) is 0 Å². The molecule has 2 heterocycles. The number of nitrogens with zero attached hydrogens (tertiary/aromatic N) is 3. The molecule has 2 N–H and O–H groups in total. The van der Waals surface area contributed by atoms with Crippen LogP contribution in [0.1, 0.15) is 0 Å². The van der Waals surface area contributed by atoms with Gasteiger partial charge in [0.15, 0.2) is 5.65 Å². The number of carboxylic acid groups (broad SMARTS) is 1. The zero-order valence-corrected chi connectivity index (χ0v) is 8.67. The summed E-state index contributed by atoms with van der Waals surface area (Å²) < 4.78 is 2.37. The van der Waals surface area contributed by atoms with Gasteiger partial charge < -0.3 is 10.1 Å². The fraction of sp³-hybridized carbons (Fsp3) is 0.250. The minimum absolute atomic E-state index is 0. The SMILES string of the molecule is Cn1c(=O)c2[nH]cnc2n(C)c1=O.O=CO.[NaH]. The van der Waals surface area contributed by atoms with Crippen LogP contribution in [0.15, 0.2) is 15.9 Å². The average molecular weight is 250 g/mol. The van der Waals surface area contributed by atoms with Crippen molar-refractivity contribution in [1.82, 2.24) is 19.1 Å². The van der Waals surface area contributed by atoms with E-state index in [0.717, 1.165) is 4.57 Å². The van der Waals surface area contributed by atoms with E-state index >= 15 is 0 Å². The van der Waals surface area contributed by atoms with Crippen molar-refractivity contribution in [2.24, 2.45) is 14.1 Å². The van der Waals surface area contributed by atoms with E-state index in [4.69, 9.17) is 9.90 Å². The van der Waals surface area contributed by atoms with Crippen LogP contribution in [0.2, 0.25) is 0 Å². The Bertz CT molecular complexity index is 626. The number of hydrogen-bond acceptors (Lipinski definition) is 4. The fourth-order valence-corrected chi connectivity index (χ4v) is 1.27. The molecular weight excluding hydrogens is 239 g/mol. The van der Waals surface area contributed by atoms with Crippen LogP contribution < -0.4 is 11.2 Å². The summed E-state index contributed by atoms with van der Waals surface area (Å²) in [5.41, 5.74) is 0.0119. The molecule has 0 aromatic carbocycles. The van der Waals surface area contributed by atoms with Gasteiger partial charge in [0.25, 0.3) is 12.0 Å². The van der Waals surface area contributed by atoms with E-state index < -0.39 is 0 Å². The molecule has 0 amide bonds. The molecule has 0 bridgehead atoms. The van der Waals surface area contributed by atoms with Crippen molar-refractivity contribution < 1.29 is 9.90 Å². The number of carbonyl (C=O) groups is 1. The number of rotatable bonds is 0. The summed E-state index contributed by atoms with van der Waals surface area (Å²) in [6.45, 7) is -0.250. The van der Waals surface area contributed by atoms with Crippen molar-refractivity contribution in [3.63, 3.8) is 0 Å². The molecule has 0 unspecified atom stereocenters. The Morgan fingerprint density at radius 3 is 2.41 bits per heavy atom. The number of fused-ring (bicyclic) bond motifs is 1. The van der Waals surface area contributed by atoms with Crippen LogP contribution in [0.5, 0.6) is 0 Å². The molecule has 0 aliphatic heterocycles. The van der Waals surface area contributed by atoms with Crippen LogP contribution in [0.4, 0.5) is 0 Å². The number of nitrogens with one attached hydrogen (secondary N) is 1. The molecule has 17 heavy (non-hydrogen) atoms. The van der Waals surface area contributed by atoms with E-state index in [-0.39, 0.29) is 47.3 Å². The maximum absolute atomic E-state index is 11.4.